The number of methoxy groups -OCH3 is 1. The zero-order valence-electron chi connectivity index (χ0n) is 10.5. The molecule has 6 heteroatoms. The van der Waals surface area contributed by atoms with Crippen molar-refractivity contribution >= 4 is 5.91 Å². The number of nitriles is 1. The van der Waals surface area contributed by atoms with Crippen molar-refractivity contribution in [3.05, 3.63) is 11.8 Å². The smallest absolute Gasteiger partial charge is 0.272 e. The van der Waals surface area contributed by atoms with Crippen LogP contribution in [0.5, 0.6) is 5.88 Å². The Balaban J connectivity index is 2.05. The molecule has 2 atom stereocenters. The summed E-state index contributed by atoms with van der Waals surface area (Å²) in [5, 5.41) is 15.9. The highest BCUT2D eigenvalue weighted by Gasteiger charge is 2.29. The summed E-state index contributed by atoms with van der Waals surface area (Å²) in [5.74, 6) is 0.198. The molecule has 96 valence electrons. The summed E-state index contributed by atoms with van der Waals surface area (Å²) in [4.78, 5) is 12.0. The molecule has 1 amide bonds. The molecule has 0 aliphatic heterocycles. The minimum Gasteiger partial charge on any atom is -0.481 e. The van der Waals surface area contributed by atoms with Crippen LogP contribution in [0.3, 0.4) is 0 Å². The van der Waals surface area contributed by atoms with E-state index in [0.29, 0.717) is 11.6 Å². The molecule has 1 fully saturated rings. The molecule has 1 aliphatic rings. The Morgan fingerprint density at radius 2 is 2.44 bits per heavy atom. The van der Waals surface area contributed by atoms with Gasteiger partial charge in [0.05, 0.1) is 19.1 Å². The van der Waals surface area contributed by atoms with Gasteiger partial charge >= 0.3 is 0 Å². The SMILES string of the molecule is COc1cc(C(=O)NC2CCCC2C#N)nn1C. The molecule has 0 bridgehead atoms. The number of nitrogens with one attached hydrogen (secondary N) is 1. The maximum atomic E-state index is 12.0. The van der Waals surface area contributed by atoms with Crippen molar-refractivity contribution in [1.29, 1.82) is 5.26 Å². The maximum absolute atomic E-state index is 12.0. The molecule has 1 aliphatic carbocycles. The first-order chi connectivity index (χ1) is 8.65. The number of carbonyl (C=O) groups is 1. The minimum absolute atomic E-state index is 0.0597. The summed E-state index contributed by atoms with van der Waals surface area (Å²) in [7, 11) is 3.24. The van der Waals surface area contributed by atoms with Crippen molar-refractivity contribution in [2.75, 3.05) is 7.11 Å². The lowest BCUT2D eigenvalue weighted by molar-refractivity contribution is 0.0927. The quantitative estimate of drug-likeness (QED) is 0.860. The molecule has 2 unspecified atom stereocenters. The number of aromatic nitrogens is 2. The van der Waals surface area contributed by atoms with Crippen LogP contribution in [0.25, 0.3) is 0 Å². The lowest BCUT2D eigenvalue weighted by Crippen LogP contribution is -2.37. The molecule has 1 heterocycles. The van der Waals surface area contributed by atoms with Gasteiger partial charge in [-0.15, -0.1) is 0 Å². The summed E-state index contributed by atoms with van der Waals surface area (Å²) >= 11 is 0. The van der Waals surface area contributed by atoms with E-state index in [4.69, 9.17) is 10.00 Å². The van der Waals surface area contributed by atoms with E-state index in [-0.39, 0.29) is 17.9 Å². The van der Waals surface area contributed by atoms with E-state index >= 15 is 0 Å². The second-order valence-corrected chi connectivity index (χ2v) is 4.44. The van der Waals surface area contributed by atoms with E-state index in [0.717, 1.165) is 19.3 Å². The van der Waals surface area contributed by atoms with Gasteiger partial charge in [0.1, 0.15) is 0 Å². The van der Waals surface area contributed by atoms with Crippen LogP contribution in [0.15, 0.2) is 6.07 Å². The van der Waals surface area contributed by atoms with Gasteiger partial charge in [0.25, 0.3) is 5.91 Å². The molecule has 0 spiro atoms. The topological polar surface area (TPSA) is 79.9 Å². The molecular formula is C12H16N4O2. The molecule has 1 saturated carbocycles. The predicted molar refractivity (Wildman–Crippen MR) is 64.0 cm³/mol. The molecule has 0 radical (unpaired) electrons. The Bertz CT molecular complexity index is 489. The number of hydrogen-bond acceptors (Lipinski definition) is 4. The summed E-state index contributed by atoms with van der Waals surface area (Å²) < 4.78 is 6.56. The maximum Gasteiger partial charge on any atom is 0.272 e. The summed E-state index contributed by atoms with van der Waals surface area (Å²) in [6.45, 7) is 0. The third-order valence-corrected chi connectivity index (χ3v) is 3.28. The molecule has 1 aromatic rings. The molecule has 6 nitrogen and oxygen atoms in total. The van der Waals surface area contributed by atoms with Crippen molar-refractivity contribution in [2.45, 2.75) is 25.3 Å². The van der Waals surface area contributed by atoms with Gasteiger partial charge in [-0.25, -0.2) is 4.68 Å². The normalized spacial score (nSPS) is 22.5. The fourth-order valence-corrected chi connectivity index (χ4v) is 2.28. The van der Waals surface area contributed by atoms with Crippen LogP contribution in [-0.2, 0) is 7.05 Å². The first-order valence-corrected chi connectivity index (χ1v) is 5.94. The second kappa shape index (κ2) is 5.08. The van der Waals surface area contributed by atoms with Crippen LogP contribution in [0.4, 0.5) is 0 Å². The van der Waals surface area contributed by atoms with Crippen LogP contribution in [-0.4, -0.2) is 28.8 Å². The van der Waals surface area contributed by atoms with Gasteiger partial charge in [0.15, 0.2) is 5.69 Å². The van der Waals surface area contributed by atoms with E-state index in [2.05, 4.69) is 16.5 Å². The third kappa shape index (κ3) is 2.30. The Morgan fingerprint density at radius 3 is 3.06 bits per heavy atom. The van der Waals surface area contributed by atoms with Gasteiger partial charge in [-0.2, -0.15) is 10.4 Å². The fourth-order valence-electron chi connectivity index (χ4n) is 2.28. The van der Waals surface area contributed by atoms with Crippen molar-refractivity contribution < 1.29 is 9.53 Å². The van der Waals surface area contributed by atoms with Gasteiger partial charge in [0.2, 0.25) is 5.88 Å². The largest absolute Gasteiger partial charge is 0.481 e. The zero-order chi connectivity index (χ0) is 13.1. The van der Waals surface area contributed by atoms with Crippen LogP contribution in [0, 0.1) is 17.2 Å². The second-order valence-electron chi connectivity index (χ2n) is 4.44. The van der Waals surface area contributed by atoms with E-state index in [1.807, 2.05) is 0 Å². The number of ether oxygens (including phenoxy) is 1. The lowest BCUT2D eigenvalue weighted by Gasteiger charge is -2.14. The van der Waals surface area contributed by atoms with Gasteiger partial charge in [-0.1, -0.05) is 0 Å². The minimum atomic E-state index is -0.249. The van der Waals surface area contributed by atoms with Gasteiger partial charge in [-0.05, 0) is 19.3 Å². The van der Waals surface area contributed by atoms with Gasteiger partial charge < -0.3 is 10.1 Å². The van der Waals surface area contributed by atoms with Crippen molar-refractivity contribution in [3.8, 4) is 11.9 Å². The van der Waals surface area contributed by atoms with Crippen LogP contribution in [0.2, 0.25) is 0 Å². The Hall–Kier alpha value is -2.03. The molecule has 0 saturated heterocycles. The van der Waals surface area contributed by atoms with E-state index < -0.39 is 0 Å². The van der Waals surface area contributed by atoms with Crippen molar-refractivity contribution in [2.24, 2.45) is 13.0 Å². The number of aryl methyl sites for hydroxylation is 1. The van der Waals surface area contributed by atoms with E-state index in [1.54, 1.807) is 13.1 Å². The monoisotopic (exact) mass is 248 g/mol. The highest BCUT2D eigenvalue weighted by Crippen LogP contribution is 2.25. The summed E-state index contributed by atoms with van der Waals surface area (Å²) in [6, 6.07) is 3.76. The molecule has 1 N–H and O–H groups in total. The highest BCUT2D eigenvalue weighted by molar-refractivity contribution is 5.92. The average Bonchev–Trinajstić information content (AvgIpc) is 2.95. The number of carbonyl (C=O) groups excluding carboxylic acids is 1. The third-order valence-electron chi connectivity index (χ3n) is 3.28. The standard InChI is InChI=1S/C12H16N4O2/c1-16-11(18-2)6-10(15-16)12(17)14-9-5-3-4-8(9)7-13/h6,8-9H,3-5H2,1-2H3,(H,14,17). The van der Waals surface area contributed by atoms with Gasteiger partial charge in [0, 0.05) is 19.2 Å². The van der Waals surface area contributed by atoms with Crippen molar-refractivity contribution in [1.82, 2.24) is 15.1 Å². The Kier molecular flexibility index (Phi) is 3.51. The van der Waals surface area contributed by atoms with Crippen LogP contribution in [0.1, 0.15) is 29.8 Å². The fraction of sp³-hybridized carbons (Fsp3) is 0.583. The van der Waals surface area contributed by atoms with Crippen LogP contribution >= 0.6 is 0 Å². The molecule has 18 heavy (non-hydrogen) atoms. The first-order valence-electron chi connectivity index (χ1n) is 5.94. The number of nitrogens with zero attached hydrogens (tertiary/aromatic N) is 3. The predicted octanol–water partition coefficient (Wildman–Crippen LogP) is 0.851. The molecule has 1 aromatic heterocycles. The number of rotatable bonds is 3. The summed E-state index contributed by atoms with van der Waals surface area (Å²) in [6.07, 6.45) is 2.69. The first kappa shape index (κ1) is 12.4. The van der Waals surface area contributed by atoms with Crippen LogP contribution < -0.4 is 10.1 Å². The van der Waals surface area contributed by atoms with E-state index in [9.17, 15) is 4.79 Å². The summed E-state index contributed by atoms with van der Waals surface area (Å²) in [5.41, 5.74) is 0.318. The lowest BCUT2D eigenvalue weighted by atomic mass is 10.1. The van der Waals surface area contributed by atoms with Gasteiger partial charge in [-0.3, -0.25) is 4.79 Å². The highest BCUT2D eigenvalue weighted by atomic mass is 16.5. The molecular weight excluding hydrogens is 232 g/mol. The number of hydrogen-bond donors (Lipinski definition) is 1. The van der Waals surface area contributed by atoms with Crippen molar-refractivity contribution in [3.63, 3.8) is 0 Å². The molecule has 0 aromatic carbocycles. The molecule has 2 rings (SSSR count). The number of amides is 1. The average molecular weight is 248 g/mol. The Morgan fingerprint density at radius 1 is 1.67 bits per heavy atom. The Labute approximate surface area is 106 Å². The zero-order valence-corrected chi connectivity index (χ0v) is 10.5. The van der Waals surface area contributed by atoms with E-state index in [1.165, 1.54) is 11.8 Å².